The monoisotopic (exact) mass is 800 g/mol. The second-order valence-corrected chi connectivity index (χ2v) is 13.5. The Morgan fingerprint density at radius 1 is 0.554 bits per heavy atom. The van der Waals surface area contributed by atoms with Gasteiger partial charge in [-0.2, -0.15) is 17.6 Å². The molecule has 8 nitrogen and oxygen atoms in total. The molecule has 6 aromatic carbocycles. The summed E-state index contributed by atoms with van der Waals surface area (Å²) in [7, 11) is -4.29. The van der Waals surface area contributed by atoms with Gasteiger partial charge in [0.2, 0.25) is 44.8 Å². The van der Waals surface area contributed by atoms with Gasteiger partial charge in [0.15, 0.2) is 23.3 Å². The lowest BCUT2D eigenvalue weighted by Crippen LogP contribution is -2.36. The van der Waals surface area contributed by atoms with Gasteiger partial charge in [-0.05, 0) is 47.5 Å². The molecule has 2 atom stereocenters. The van der Waals surface area contributed by atoms with Crippen LogP contribution in [0.1, 0.15) is 33.6 Å². The van der Waals surface area contributed by atoms with Crippen LogP contribution in [0, 0.1) is 46.5 Å². The molecule has 3 N–H and O–H groups in total. The highest BCUT2D eigenvalue weighted by atomic mass is 32.2. The van der Waals surface area contributed by atoms with E-state index in [1.54, 1.807) is 60.7 Å². The minimum atomic E-state index is -4.29. The lowest BCUT2D eigenvalue weighted by Gasteiger charge is -2.26. The minimum absolute atomic E-state index is 0.113. The van der Waals surface area contributed by atoms with Crippen molar-refractivity contribution in [2.75, 3.05) is 0 Å². The average Bonchev–Trinajstić information content (AvgIpc) is 3.19. The van der Waals surface area contributed by atoms with Crippen molar-refractivity contribution >= 4 is 16.0 Å². The number of ether oxygens (including phenoxy) is 3. The number of esters is 1. The van der Waals surface area contributed by atoms with Gasteiger partial charge in [-0.15, -0.1) is 0 Å². The second-order valence-electron chi connectivity index (χ2n) is 11.8. The van der Waals surface area contributed by atoms with Gasteiger partial charge in [-0.3, -0.25) is 0 Å². The normalized spacial score (nSPS) is 12.5. The fourth-order valence-corrected chi connectivity index (χ4v) is 6.54. The van der Waals surface area contributed by atoms with Crippen LogP contribution in [0.25, 0.3) is 0 Å². The summed E-state index contributed by atoms with van der Waals surface area (Å²) >= 11 is 0. The highest BCUT2D eigenvalue weighted by Gasteiger charge is 2.29. The maximum Gasteiger partial charge on any atom is 0.343 e. The van der Waals surface area contributed by atoms with Crippen LogP contribution in [0.5, 0.6) is 28.7 Å². The van der Waals surface area contributed by atoms with E-state index in [9.17, 15) is 48.3 Å². The minimum Gasteiger partial charge on any atom is -0.451 e. The standard InChI is InChI=1S/C39H24F8N2O6S/c40-27-18-28(41)32(45)37(31(27)44)53-24-15-22(16-25(17-24)54-38-33(46)29(42)19-30(43)34(38)47)39(50)55-23-11-13-26(14-12-23)56(51,52)49-36(21-9-5-2-6-10-21)35(48)20-7-3-1-4-8-20/h1-19,35-36,49H,48H2/t35-,36-/m0/s1. The predicted octanol–water partition coefficient (Wildman–Crippen LogP) is 9.32. The molecule has 0 aliphatic rings. The molecule has 0 radical (unpaired) electrons. The highest BCUT2D eigenvalue weighted by Crippen LogP contribution is 2.37. The van der Waals surface area contributed by atoms with Gasteiger partial charge in [0.1, 0.15) is 17.2 Å². The maximum atomic E-state index is 14.4. The number of carbonyl (C=O) groups is 1. The Morgan fingerprint density at radius 3 is 1.43 bits per heavy atom. The Kier molecular flexibility index (Phi) is 11.4. The molecule has 56 heavy (non-hydrogen) atoms. The molecule has 6 aromatic rings. The van der Waals surface area contributed by atoms with Crippen LogP contribution in [0.4, 0.5) is 35.1 Å². The van der Waals surface area contributed by atoms with Gasteiger partial charge in [0, 0.05) is 18.2 Å². The molecule has 0 aliphatic heterocycles. The van der Waals surface area contributed by atoms with Gasteiger partial charge in [0.05, 0.1) is 22.5 Å². The van der Waals surface area contributed by atoms with E-state index in [1.807, 2.05) is 0 Å². The summed E-state index contributed by atoms with van der Waals surface area (Å²) in [5.41, 5.74) is 7.04. The van der Waals surface area contributed by atoms with Crippen molar-refractivity contribution in [3.63, 3.8) is 0 Å². The molecule has 0 spiro atoms. The summed E-state index contributed by atoms with van der Waals surface area (Å²) in [6.45, 7) is 0. The van der Waals surface area contributed by atoms with Crippen molar-refractivity contribution in [2.24, 2.45) is 5.73 Å². The summed E-state index contributed by atoms with van der Waals surface area (Å²) in [4.78, 5) is 13.0. The third kappa shape index (κ3) is 8.49. The van der Waals surface area contributed by atoms with Crippen molar-refractivity contribution < 1.29 is 62.5 Å². The predicted molar refractivity (Wildman–Crippen MR) is 183 cm³/mol. The molecule has 0 bridgehead atoms. The average molecular weight is 801 g/mol. The van der Waals surface area contributed by atoms with Crippen LogP contribution >= 0.6 is 0 Å². The van der Waals surface area contributed by atoms with E-state index in [2.05, 4.69) is 4.72 Å². The van der Waals surface area contributed by atoms with Crippen molar-refractivity contribution in [1.29, 1.82) is 0 Å². The van der Waals surface area contributed by atoms with Gasteiger partial charge < -0.3 is 19.9 Å². The zero-order valence-corrected chi connectivity index (χ0v) is 28.9. The molecule has 0 fully saturated rings. The highest BCUT2D eigenvalue weighted by molar-refractivity contribution is 7.89. The zero-order valence-electron chi connectivity index (χ0n) is 28.1. The van der Waals surface area contributed by atoms with Crippen molar-refractivity contribution in [1.82, 2.24) is 4.72 Å². The molecular formula is C39H24F8N2O6S. The summed E-state index contributed by atoms with van der Waals surface area (Å²) in [5, 5.41) is 0. The molecule has 17 heteroatoms. The van der Waals surface area contributed by atoms with Gasteiger partial charge in [-0.25, -0.2) is 35.5 Å². The summed E-state index contributed by atoms with van der Waals surface area (Å²) in [6, 6.07) is 21.7. The number of hydrogen-bond donors (Lipinski definition) is 2. The second kappa shape index (κ2) is 16.2. The first-order valence-electron chi connectivity index (χ1n) is 16.0. The molecule has 0 unspecified atom stereocenters. The number of rotatable bonds is 12. The number of carbonyl (C=O) groups excluding carboxylic acids is 1. The summed E-state index contributed by atoms with van der Waals surface area (Å²) < 4.78 is 158. The first-order valence-corrected chi connectivity index (χ1v) is 17.5. The van der Waals surface area contributed by atoms with E-state index in [0.717, 1.165) is 24.3 Å². The zero-order chi connectivity index (χ0) is 40.3. The number of hydrogen-bond acceptors (Lipinski definition) is 7. The van der Waals surface area contributed by atoms with Gasteiger partial charge >= 0.3 is 5.97 Å². The van der Waals surface area contributed by atoms with Crippen molar-refractivity contribution in [2.45, 2.75) is 17.0 Å². The first-order chi connectivity index (χ1) is 26.6. The van der Waals surface area contributed by atoms with Crippen LogP contribution in [-0.2, 0) is 10.0 Å². The lowest BCUT2D eigenvalue weighted by molar-refractivity contribution is 0.0734. The molecule has 0 aliphatic carbocycles. The Hall–Kier alpha value is -6.30. The molecular weight excluding hydrogens is 776 g/mol. The topological polar surface area (TPSA) is 117 Å². The van der Waals surface area contributed by atoms with Crippen molar-refractivity contribution in [3.05, 3.63) is 178 Å². The fraction of sp³-hybridized carbons (Fsp3) is 0.0513. The molecule has 0 saturated heterocycles. The van der Waals surface area contributed by atoms with E-state index in [1.165, 1.54) is 0 Å². The molecule has 288 valence electrons. The van der Waals surface area contributed by atoms with E-state index in [0.29, 0.717) is 29.3 Å². The largest absolute Gasteiger partial charge is 0.451 e. The van der Waals surface area contributed by atoms with Crippen LogP contribution in [0.3, 0.4) is 0 Å². The number of nitrogens with one attached hydrogen (secondary N) is 1. The molecule has 0 amide bonds. The van der Waals surface area contributed by atoms with Gasteiger partial charge in [0.25, 0.3) is 0 Å². The molecule has 6 rings (SSSR count). The smallest absolute Gasteiger partial charge is 0.343 e. The Bertz CT molecular complexity index is 2390. The third-order valence-electron chi connectivity index (χ3n) is 8.03. The number of sulfonamides is 1. The number of nitrogens with two attached hydrogens (primary N) is 1. The van der Waals surface area contributed by atoms with Crippen LogP contribution in [-0.4, -0.2) is 14.4 Å². The SMILES string of the molecule is N[C@@H](c1ccccc1)[C@@H](NS(=O)(=O)c1ccc(OC(=O)c2cc(Oc3c(F)c(F)cc(F)c3F)cc(Oc3c(F)c(F)cc(F)c3F)c2)cc1)c1ccccc1. The van der Waals surface area contributed by atoms with Crippen LogP contribution in [0.2, 0.25) is 0 Å². The maximum absolute atomic E-state index is 14.4. The summed E-state index contributed by atoms with van der Waals surface area (Å²) in [6.07, 6.45) is 0. The Balaban J connectivity index is 1.29. The fourth-order valence-electron chi connectivity index (χ4n) is 5.29. The first kappa shape index (κ1) is 39.4. The van der Waals surface area contributed by atoms with Crippen LogP contribution < -0.4 is 24.7 Å². The number of benzene rings is 6. The number of halogens is 8. The lowest BCUT2D eigenvalue weighted by atomic mass is 9.95. The van der Waals surface area contributed by atoms with E-state index >= 15 is 0 Å². The van der Waals surface area contributed by atoms with Crippen LogP contribution in [0.15, 0.2) is 120 Å². The van der Waals surface area contributed by atoms with E-state index in [-0.39, 0.29) is 22.8 Å². The molecule has 0 saturated carbocycles. The van der Waals surface area contributed by atoms with Gasteiger partial charge in [-0.1, -0.05) is 60.7 Å². The van der Waals surface area contributed by atoms with Crippen molar-refractivity contribution in [3.8, 4) is 28.7 Å². The molecule has 0 heterocycles. The third-order valence-corrected chi connectivity index (χ3v) is 9.48. The summed E-state index contributed by atoms with van der Waals surface area (Å²) in [5.74, 6) is -22.1. The van der Waals surface area contributed by atoms with E-state index < -0.39 is 103 Å². The van der Waals surface area contributed by atoms with E-state index in [4.69, 9.17) is 19.9 Å². The molecule has 0 aromatic heterocycles. The Labute approximate surface area is 312 Å². The Morgan fingerprint density at radius 2 is 0.982 bits per heavy atom. The quantitative estimate of drug-likeness (QED) is 0.0549.